The number of anilines is 1. The van der Waals surface area contributed by atoms with Gasteiger partial charge in [0.2, 0.25) is 5.88 Å². The first-order chi connectivity index (χ1) is 18.1. The van der Waals surface area contributed by atoms with Crippen LogP contribution in [0.5, 0.6) is 5.88 Å². The van der Waals surface area contributed by atoms with Crippen LogP contribution in [0.4, 0.5) is 18.9 Å². The van der Waals surface area contributed by atoms with Crippen molar-refractivity contribution in [3.63, 3.8) is 0 Å². The van der Waals surface area contributed by atoms with Gasteiger partial charge in [0.25, 0.3) is 11.8 Å². The summed E-state index contributed by atoms with van der Waals surface area (Å²) in [5.41, 5.74) is 7.31. The van der Waals surface area contributed by atoms with E-state index in [0.29, 0.717) is 22.5 Å². The molecule has 12 heteroatoms. The molecule has 0 aliphatic carbocycles. The Morgan fingerprint density at radius 2 is 1.61 bits per heavy atom. The average molecular weight is 519 g/mol. The number of amides is 2. The molecule has 0 fully saturated rings. The van der Waals surface area contributed by atoms with E-state index < -0.39 is 29.8 Å². The molecule has 3 N–H and O–H groups in total. The van der Waals surface area contributed by atoms with E-state index in [4.69, 9.17) is 5.73 Å². The fraction of sp³-hybridized carbons (Fsp3) is 0.0385. The summed E-state index contributed by atoms with van der Waals surface area (Å²) in [7, 11) is 0. The number of nitrogens with two attached hydrogens (primary N) is 1. The number of hydrogen-bond acceptors (Lipinski definition) is 6. The number of carbonyl (C=O) groups excluding carboxylic acids is 3. The second kappa shape index (κ2) is 9.32. The molecule has 0 aliphatic heterocycles. The number of alkyl halides is 3. The van der Waals surface area contributed by atoms with E-state index in [0.717, 1.165) is 11.6 Å². The molecular formula is C26H16F3N5O4. The standard InChI is InChI=1S/C26H16F3N5O4/c27-26(28,29)25(37)38-24-18-6-2-1-5-17(18)20(12-31-24)23(36)32-15-8-10-16(11-9-15)34-13-14-4-3-7-19(22(30)35)21(14)33-34/h1-13H,(H2,30,35)(H,32,36). The van der Waals surface area contributed by atoms with Crippen LogP contribution in [0, 0.1) is 0 Å². The molecule has 0 unspecified atom stereocenters. The van der Waals surface area contributed by atoms with E-state index >= 15 is 0 Å². The molecule has 9 nitrogen and oxygen atoms in total. The van der Waals surface area contributed by atoms with Gasteiger partial charge in [-0.2, -0.15) is 18.3 Å². The highest BCUT2D eigenvalue weighted by Crippen LogP contribution is 2.29. The quantitative estimate of drug-likeness (QED) is 0.331. The molecule has 5 aromatic rings. The van der Waals surface area contributed by atoms with Crippen LogP contribution in [0.1, 0.15) is 20.7 Å². The lowest BCUT2D eigenvalue weighted by Gasteiger charge is -2.12. The number of halogens is 3. The molecule has 0 saturated carbocycles. The number of hydrogen-bond donors (Lipinski definition) is 2. The largest absolute Gasteiger partial charge is 0.491 e. The van der Waals surface area contributed by atoms with Gasteiger partial charge < -0.3 is 15.8 Å². The summed E-state index contributed by atoms with van der Waals surface area (Å²) in [4.78, 5) is 39.7. The zero-order valence-electron chi connectivity index (χ0n) is 19.2. The molecule has 0 spiro atoms. The van der Waals surface area contributed by atoms with Crippen molar-refractivity contribution >= 4 is 45.1 Å². The Bertz CT molecular complexity index is 1730. The minimum absolute atomic E-state index is 0.0637. The zero-order chi connectivity index (χ0) is 27.0. The maximum atomic E-state index is 13.0. The Hall–Kier alpha value is -5.26. The third-order valence-corrected chi connectivity index (χ3v) is 5.62. The molecule has 38 heavy (non-hydrogen) atoms. The Labute approximate surface area is 211 Å². The number of nitrogens with zero attached hydrogens (tertiary/aromatic N) is 3. The fourth-order valence-corrected chi connectivity index (χ4v) is 3.85. The summed E-state index contributed by atoms with van der Waals surface area (Å²) in [5, 5.41) is 8.17. The van der Waals surface area contributed by atoms with Crippen molar-refractivity contribution < 1.29 is 32.3 Å². The van der Waals surface area contributed by atoms with E-state index in [1.54, 1.807) is 59.4 Å². The summed E-state index contributed by atoms with van der Waals surface area (Å²) in [6.07, 6.45) is -2.42. The molecule has 2 aromatic heterocycles. The highest BCUT2D eigenvalue weighted by Gasteiger charge is 2.42. The van der Waals surface area contributed by atoms with Gasteiger partial charge in [-0.05, 0) is 36.4 Å². The van der Waals surface area contributed by atoms with Gasteiger partial charge in [0.15, 0.2) is 0 Å². The minimum atomic E-state index is -5.20. The zero-order valence-corrected chi connectivity index (χ0v) is 19.2. The van der Waals surface area contributed by atoms with Gasteiger partial charge in [-0.3, -0.25) is 9.59 Å². The van der Waals surface area contributed by atoms with Crippen LogP contribution < -0.4 is 15.8 Å². The van der Waals surface area contributed by atoms with Gasteiger partial charge >= 0.3 is 12.1 Å². The number of fused-ring (bicyclic) bond motifs is 2. The third kappa shape index (κ3) is 4.62. The molecule has 0 saturated heterocycles. The van der Waals surface area contributed by atoms with Gasteiger partial charge in [-0.25, -0.2) is 14.5 Å². The first-order valence-corrected chi connectivity index (χ1v) is 11.0. The molecule has 0 radical (unpaired) electrons. The number of nitrogens with one attached hydrogen (secondary N) is 1. The van der Waals surface area contributed by atoms with E-state index in [1.807, 2.05) is 0 Å². The van der Waals surface area contributed by atoms with Gasteiger partial charge in [-0.15, -0.1) is 0 Å². The van der Waals surface area contributed by atoms with Crippen LogP contribution in [0.3, 0.4) is 0 Å². The van der Waals surface area contributed by atoms with Crippen molar-refractivity contribution in [2.45, 2.75) is 6.18 Å². The predicted octanol–water partition coefficient (Wildman–Crippen LogP) is 4.39. The number of pyridine rings is 1. The second-order valence-electron chi connectivity index (χ2n) is 8.09. The van der Waals surface area contributed by atoms with E-state index in [2.05, 4.69) is 20.1 Å². The van der Waals surface area contributed by atoms with Crippen molar-refractivity contribution in [1.29, 1.82) is 0 Å². The fourth-order valence-electron chi connectivity index (χ4n) is 3.85. The van der Waals surface area contributed by atoms with Crippen LogP contribution >= 0.6 is 0 Å². The van der Waals surface area contributed by atoms with Gasteiger partial charge in [0.05, 0.1) is 16.8 Å². The highest BCUT2D eigenvalue weighted by molar-refractivity contribution is 6.13. The molecule has 5 rings (SSSR count). The Balaban J connectivity index is 1.39. The maximum absolute atomic E-state index is 13.0. The van der Waals surface area contributed by atoms with Crippen molar-refractivity contribution in [2.75, 3.05) is 5.32 Å². The van der Waals surface area contributed by atoms with Gasteiger partial charge in [0, 0.05) is 34.2 Å². The Morgan fingerprint density at radius 3 is 2.29 bits per heavy atom. The Morgan fingerprint density at radius 1 is 0.895 bits per heavy atom. The molecule has 3 aromatic carbocycles. The summed E-state index contributed by atoms with van der Waals surface area (Å²) >= 11 is 0. The summed E-state index contributed by atoms with van der Waals surface area (Å²) < 4.78 is 43.9. The van der Waals surface area contributed by atoms with Crippen molar-refractivity contribution in [2.24, 2.45) is 5.73 Å². The highest BCUT2D eigenvalue weighted by atomic mass is 19.4. The lowest BCUT2D eigenvalue weighted by atomic mass is 10.1. The molecule has 0 aliphatic rings. The molecule has 190 valence electrons. The van der Waals surface area contributed by atoms with Crippen LogP contribution in [0.25, 0.3) is 27.4 Å². The number of benzene rings is 3. The number of primary amides is 1. The van der Waals surface area contributed by atoms with E-state index in [-0.39, 0.29) is 16.3 Å². The topological polar surface area (TPSA) is 129 Å². The maximum Gasteiger partial charge on any atom is 0.491 e. The molecule has 2 amide bonds. The van der Waals surface area contributed by atoms with Crippen LogP contribution in [0.2, 0.25) is 0 Å². The van der Waals surface area contributed by atoms with Gasteiger partial charge in [0.1, 0.15) is 5.52 Å². The molecule has 2 heterocycles. The van der Waals surface area contributed by atoms with E-state index in [1.165, 1.54) is 18.2 Å². The van der Waals surface area contributed by atoms with Crippen molar-refractivity contribution in [3.05, 3.63) is 90.3 Å². The first-order valence-electron chi connectivity index (χ1n) is 11.0. The smallest absolute Gasteiger partial charge is 0.400 e. The number of carbonyl (C=O) groups is 3. The normalized spacial score (nSPS) is 11.4. The SMILES string of the molecule is NC(=O)c1cccc2cn(-c3ccc(NC(=O)c4cnc(OC(=O)C(F)(F)F)c5ccccc45)cc3)nc12. The third-order valence-electron chi connectivity index (χ3n) is 5.62. The molecular weight excluding hydrogens is 503 g/mol. The van der Waals surface area contributed by atoms with Crippen molar-refractivity contribution in [3.8, 4) is 11.6 Å². The number of esters is 1. The number of rotatable bonds is 5. The number of ether oxygens (including phenoxy) is 1. The van der Waals surface area contributed by atoms with Crippen molar-refractivity contribution in [1.82, 2.24) is 14.8 Å². The average Bonchev–Trinajstić information content (AvgIpc) is 3.33. The van der Waals surface area contributed by atoms with Gasteiger partial charge in [-0.1, -0.05) is 30.3 Å². The predicted molar refractivity (Wildman–Crippen MR) is 131 cm³/mol. The monoisotopic (exact) mass is 519 g/mol. The molecule has 0 atom stereocenters. The van der Waals surface area contributed by atoms with Crippen LogP contribution in [-0.2, 0) is 4.79 Å². The number of aromatic nitrogens is 3. The van der Waals surface area contributed by atoms with E-state index in [9.17, 15) is 27.6 Å². The Kier molecular flexibility index (Phi) is 5.99. The van der Waals surface area contributed by atoms with Crippen LogP contribution in [0.15, 0.2) is 79.1 Å². The second-order valence-corrected chi connectivity index (χ2v) is 8.09. The summed E-state index contributed by atoms with van der Waals surface area (Å²) in [6.45, 7) is 0. The van der Waals surface area contributed by atoms with Crippen LogP contribution in [-0.4, -0.2) is 38.7 Å². The minimum Gasteiger partial charge on any atom is -0.400 e. The summed E-state index contributed by atoms with van der Waals surface area (Å²) in [5.74, 6) is -4.14. The molecule has 0 bridgehead atoms. The summed E-state index contributed by atoms with van der Waals surface area (Å²) in [6, 6.07) is 17.7. The lowest BCUT2D eigenvalue weighted by molar-refractivity contribution is -0.189. The lowest BCUT2D eigenvalue weighted by Crippen LogP contribution is -2.28. The first kappa shape index (κ1) is 24.4.